The number of hydrogen-bond donors (Lipinski definition) is 0. The van der Waals surface area contributed by atoms with Crippen LogP contribution in [0.4, 0.5) is 0 Å². The van der Waals surface area contributed by atoms with Gasteiger partial charge in [0.15, 0.2) is 10.6 Å². The number of nitrogens with zero attached hydrogens (tertiary/aromatic N) is 4. The van der Waals surface area contributed by atoms with E-state index in [0.29, 0.717) is 46.5 Å². The second-order valence-corrected chi connectivity index (χ2v) is 9.65. The van der Waals surface area contributed by atoms with E-state index < -0.39 is 0 Å². The van der Waals surface area contributed by atoms with E-state index in [1.807, 2.05) is 29.4 Å². The monoisotopic (exact) mass is 486 g/mol. The lowest BCUT2D eigenvalue weighted by molar-refractivity contribution is 0.0610. The fourth-order valence-corrected chi connectivity index (χ4v) is 4.96. The Morgan fingerprint density at radius 2 is 1.88 bits per heavy atom. The first-order valence-corrected chi connectivity index (χ1v) is 12.2. The number of carbonyl (C=O) groups is 2. The molecule has 7 nitrogen and oxygen atoms in total. The van der Waals surface area contributed by atoms with Crippen molar-refractivity contribution in [2.24, 2.45) is 4.99 Å². The summed E-state index contributed by atoms with van der Waals surface area (Å²) in [5, 5.41) is 0.492. The van der Waals surface area contributed by atoms with Crippen molar-refractivity contribution in [1.82, 2.24) is 14.4 Å². The van der Waals surface area contributed by atoms with Gasteiger partial charge in [0.05, 0.1) is 6.54 Å². The van der Waals surface area contributed by atoms with E-state index in [0.717, 1.165) is 30.2 Å². The Balaban J connectivity index is 1.54. The Kier molecular flexibility index (Phi) is 7.17. The predicted molar refractivity (Wildman–Crippen MR) is 129 cm³/mol. The highest BCUT2D eigenvalue weighted by Gasteiger charge is 2.24. The van der Waals surface area contributed by atoms with Crippen molar-refractivity contribution in [3.8, 4) is 0 Å². The van der Waals surface area contributed by atoms with E-state index >= 15 is 0 Å². The average Bonchev–Trinajstić information content (AvgIpc) is 3.39. The van der Waals surface area contributed by atoms with Crippen molar-refractivity contribution >= 4 is 34.8 Å². The normalized spacial score (nSPS) is 15.3. The minimum absolute atomic E-state index is 0.0822. The third kappa shape index (κ3) is 5.29. The predicted octanol–water partition coefficient (Wildman–Crippen LogP) is 3.98. The summed E-state index contributed by atoms with van der Waals surface area (Å²) in [7, 11) is 0. The number of halogens is 1. The molecule has 1 fully saturated rings. The maximum absolute atomic E-state index is 12.9. The van der Waals surface area contributed by atoms with Crippen molar-refractivity contribution in [2.75, 3.05) is 32.7 Å². The highest BCUT2D eigenvalue weighted by atomic mass is 35.5. The van der Waals surface area contributed by atoms with Crippen LogP contribution >= 0.6 is 22.9 Å². The molecule has 9 heteroatoms. The first-order valence-electron chi connectivity index (χ1n) is 11.0. The number of rotatable bonds is 5. The fourth-order valence-electron chi connectivity index (χ4n) is 3.80. The van der Waals surface area contributed by atoms with Gasteiger partial charge in [0, 0.05) is 47.3 Å². The lowest BCUT2D eigenvalue weighted by Crippen LogP contribution is -2.48. The highest BCUT2D eigenvalue weighted by Crippen LogP contribution is 2.17. The number of amides is 2. The van der Waals surface area contributed by atoms with E-state index in [4.69, 9.17) is 16.0 Å². The molecule has 0 atom stereocenters. The fraction of sp³-hybridized carbons (Fsp3) is 0.375. The molecule has 1 aliphatic rings. The zero-order valence-corrected chi connectivity index (χ0v) is 20.6. The first kappa shape index (κ1) is 23.5. The van der Waals surface area contributed by atoms with Gasteiger partial charge >= 0.3 is 0 Å². The Bertz CT molecular complexity index is 1230. The van der Waals surface area contributed by atoms with Crippen LogP contribution in [0.25, 0.3) is 0 Å². The van der Waals surface area contributed by atoms with Crippen LogP contribution in [0.15, 0.2) is 45.8 Å². The zero-order chi connectivity index (χ0) is 23.5. The highest BCUT2D eigenvalue weighted by molar-refractivity contribution is 7.09. The molecule has 33 heavy (non-hydrogen) atoms. The van der Waals surface area contributed by atoms with Gasteiger partial charge in [-0.15, -0.1) is 11.3 Å². The number of thiazole rings is 1. The molecule has 0 saturated carbocycles. The van der Waals surface area contributed by atoms with E-state index in [2.05, 4.69) is 16.8 Å². The van der Waals surface area contributed by atoms with E-state index in [1.165, 1.54) is 11.3 Å². The number of benzene rings is 1. The number of aryl methyl sites for hydroxylation is 1. The minimum Gasteiger partial charge on any atom is -0.454 e. The molecule has 0 unspecified atom stereocenters. The van der Waals surface area contributed by atoms with Crippen LogP contribution in [-0.4, -0.2) is 58.9 Å². The molecule has 0 N–H and O–H groups in total. The summed E-state index contributed by atoms with van der Waals surface area (Å²) >= 11 is 7.46. The molecule has 0 radical (unpaired) electrons. The molecule has 1 aromatic carbocycles. The summed E-state index contributed by atoms with van der Waals surface area (Å²) in [6, 6.07) is 10.3. The second-order valence-electron chi connectivity index (χ2n) is 8.03. The van der Waals surface area contributed by atoms with Gasteiger partial charge in [0.1, 0.15) is 5.76 Å². The number of furan rings is 1. The van der Waals surface area contributed by atoms with Crippen LogP contribution in [0.1, 0.15) is 44.2 Å². The van der Waals surface area contributed by atoms with Gasteiger partial charge in [0.25, 0.3) is 11.8 Å². The van der Waals surface area contributed by atoms with Crippen LogP contribution in [0.2, 0.25) is 5.02 Å². The van der Waals surface area contributed by atoms with Crippen LogP contribution in [0.5, 0.6) is 0 Å². The van der Waals surface area contributed by atoms with Gasteiger partial charge in [-0.1, -0.05) is 24.6 Å². The molecule has 0 spiro atoms. The SMILES string of the molecule is CCN1CCN(C(=O)c2ccc(Cn3c(C)c(C)sc3=NC(=O)c3cccc(Cl)c3)o2)CC1. The van der Waals surface area contributed by atoms with Gasteiger partial charge in [0.2, 0.25) is 0 Å². The van der Waals surface area contributed by atoms with E-state index in [1.54, 1.807) is 30.3 Å². The van der Waals surface area contributed by atoms with Crippen molar-refractivity contribution in [3.05, 3.63) is 73.9 Å². The summed E-state index contributed by atoms with van der Waals surface area (Å²) in [6.07, 6.45) is 0. The zero-order valence-electron chi connectivity index (χ0n) is 19.0. The molecule has 0 aliphatic carbocycles. The Morgan fingerprint density at radius 1 is 1.12 bits per heavy atom. The van der Waals surface area contributed by atoms with Crippen molar-refractivity contribution < 1.29 is 14.0 Å². The van der Waals surface area contributed by atoms with Crippen LogP contribution in [-0.2, 0) is 6.54 Å². The van der Waals surface area contributed by atoms with Crippen LogP contribution < -0.4 is 4.80 Å². The number of piperazine rings is 1. The quantitative estimate of drug-likeness (QED) is 0.547. The van der Waals surface area contributed by atoms with Crippen molar-refractivity contribution in [3.63, 3.8) is 0 Å². The van der Waals surface area contributed by atoms with Gasteiger partial charge in [-0.2, -0.15) is 4.99 Å². The number of carbonyl (C=O) groups excluding carboxylic acids is 2. The molecule has 4 rings (SSSR count). The van der Waals surface area contributed by atoms with Crippen LogP contribution in [0, 0.1) is 13.8 Å². The molecule has 1 saturated heterocycles. The Morgan fingerprint density at radius 3 is 2.58 bits per heavy atom. The van der Waals surface area contributed by atoms with Crippen molar-refractivity contribution in [1.29, 1.82) is 0 Å². The van der Waals surface area contributed by atoms with Crippen molar-refractivity contribution in [2.45, 2.75) is 27.3 Å². The average molecular weight is 487 g/mol. The largest absolute Gasteiger partial charge is 0.454 e. The van der Waals surface area contributed by atoms with E-state index in [-0.39, 0.29) is 11.8 Å². The number of likely N-dealkylation sites (N-methyl/N-ethyl adjacent to an activating group) is 1. The van der Waals surface area contributed by atoms with Gasteiger partial charge in [-0.05, 0) is 50.7 Å². The lowest BCUT2D eigenvalue weighted by Gasteiger charge is -2.33. The third-order valence-electron chi connectivity index (χ3n) is 5.95. The maximum Gasteiger partial charge on any atom is 0.289 e. The summed E-state index contributed by atoms with van der Waals surface area (Å²) in [6.45, 7) is 10.7. The summed E-state index contributed by atoms with van der Waals surface area (Å²) in [5.74, 6) is 0.548. The minimum atomic E-state index is -0.353. The smallest absolute Gasteiger partial charge is 0.289 e. The molecule has 1 aliphatic heterocycles. The van der Waals surface area contributed by atoms with Gasteiger partial charge in [-0.25, -0.2) is 0 Å². The van der Waals surface area contributed by atoms with Crippen LogP contribution in [0.3, 0.4) is 0 Å². The molecular formula is C24H27ClN4O3S. The number of hydrogen-bond acceptors (Lipinski definition) is 5. The van der Waals surface area contributed by atoms with Gasteiger partial charge < -0.3 is 18.8 Å². The molecule has 0 bridgehead atoms. The summed E-state index contributed by atoms with van der Waals surface area (Å²) in [5.41, 5.74) is 1.43. The lowest BCUT2D eigenvalue weighted by atomic mass is 10.2. The number of aromatic nitrogens is 1. The third-order valence-corrected chi connectivity index (χ3v) is 7.28. The van der Waals surface area contributed by atoms with Gasteiger partial charge in [-0.3, -0.25) is 9.59 Å². The molecule has 3 heterocycles. The maximum atomic E-state index is 12.9. The molecule has 2 aromatic heterocycles. The summed E-state index contributed by atoms with van der Waals surface area (Å²) in [4.78, 5) is 35.7. The standard InChI is InChI=1S/C24H27ClN4O3S/c1-4-27-10-12-28(13-11-27)23(31)21-9-8-20(32-21)15-29-16(2)17(3)33-24(29)26-22(30)18-6-5-7-19(25)14-18/h5-9,14H,4,10-13,15H2,1-3H3. The van der Waals surface area contributed by atoms with E-state index in [9.17, 15) is 9.59 Å². The molecule has 2 amide bonds. The Labute approximate surface area is 201 Å². The summed E-state index contributed by atoms with van der Waals surface area (Å²) < 4.78 is 7.86. The molecule has 3 aromatic rings. The molecule has 174 valence electrons. The molecular weight excluding hydrogens is 460 g/mol. The topological polar surface area (TPSA) is 71.1 Å². The second kappa shape index (κ2) is 10.1. The Hall–Kier alpha value is -2.68. The first-order chi connectivity index (χ1) is 15.9.